The monoisotopic (exact) mass is 301 g/mol. The number of aromatic nitrogens is 2. The Morgan fingerprint density at radius 2 is 2.05 bits per heavy atom. The summed E-state index contributed by atoms with van der Waals surface area (Å²) < 4.78 is 0. The topological polar surface area (TPSA) is 37.8 Å². The zero-order chi connectivity index (χ0) is 13.9. The molecule has 0 aliphatic rings. The number of thiazole rings is 1. The first kappa shape index (κ1) is 13.1. The van der Waals surface area contributed by atoms with Crippen LogP contribution in [0.3, 0.4) is 0 Å². The van der Waals surface area contributed by atoms with Crippen molar-refractivity contribution in [2.24, 2.45) is 0 Å². The van der Waals surface area contributed by atoms with Crippen LogP contribution in [0.4, 0.5) is 10.9 Å². The SMILES string of the molecule is Cc1sc(Nc2ccccn2)nc1-c1cccc(Cl)c1. The molecule has 20 heavy (non-hydrogen) atoms. The van der Waals surface area contributed by atoms with Crippen LogP contribution in [0.15, 0.2) is 48.7 Å². The van der Waals surface area contributed by atoms with Crippen molar-refractivity contribution in [1.29, 1.82) is 0 Å². The minimum Gasteiger partial charge on any atom is -0.316 e. The summed E-state index contributed by atoms with van der Waals surface area (Å²) in [6, 6.07) is 13.5. The van der Waals surface area contributed by atoms with E-state index in [1.165, 1.54) is 0 Å². The molecule has 5 heteroatoms. The molecule has 3 rings (SSSR count). The molecule has 1 aromatic carbocycles. The minimum atomic E-state index is 0.717. The van der Waals surface area contributed by atoms with Crippen molar-refractivity contribution in [2.75, 3.05) is 5.32 Å². The fraction of sp³-hybridized carbons (Fsp3) is 0.0667. The van der Waals surface area contributed by atoms with Gasteiger partial charge in [-0.25, -0.2) is 9.97 Å². The maximum atomic E-state index is 6.03. The first-order valence-corrected chi connectivity index (χ1v) is 7.33. The summed E-state index contributed by atoms with van der Waals surface area (Å²) in [5.41, 5.74) is 1.98. The highest BCUT2D eigenvalue weighted by Gasteiger charge is 2.10. The van der Waals surface area contributed by atoms with Crippen molar-refractivity contribution < 1.29 is 0 Å². The van der Waals surface area contributed by atoms with E-state index in [1.54, 1.807) is 17.5 Å². The number of anilines is 2. The quantitative estimate of drug-likeness (QED) is 0.747. The Labute approximate surface area is 126 Å². The maximum absolute atomic E-state index is 6.03. The lowest BCUT2D eigenvalue weighted by atomic mass is 10.1. The van der Waals surface area contributed by atoms with Crippen molar-refractivity contribution in [3.8, 4) is 11.3 Å². The Morgan fingerprint density at radius 3 is 2.80 bits per heavy atom. The molecule has 3 nitrogen and oxygen atoms in total. The maximum Gasteiger partial charge on any atom is 0.189 e. The Hall–Kier alpha value is -1.91. The molecule has 0 atom stereocenters. The van der Waals surface area contributed by atoms with E-state index < -0.39 is 0 Å². The van der Waals surface area contributed by atoms with Gasteiger partial charge in [-0.2, -0.15) is 0 Å². The molecule has 100 valence electrons. The van der Waals surface area contributed by atoms with Crippen LogP contribution in [-0.2, 0) is 0 Å². The Kier molecular flexibility index (Phi) is 3.67. The van der Waals surface area contributed by atoms with E-state index >= 15 is 0 Å². The van der Waals surface area contributed by atoms with Crippen LogP contribution in [0.25, 0.3) is 11.3 Å². The molecular weight excluding hydrogens is 290 g/mol. The molecule has 0 saturated carbocycles. The molecule has 0 aliphatic carbocycles. The second-order valence-corrected chi connectivity index (χ2v) is 5.91. The molecule has 0 aliphatic heterocycles. The number of pyridine rings is 1. The van der Waals surface area contributed by atoms with Crippen molar-refractivity contribution in [2.45, 2.75) is 6.92 Å². The molecule has 0 bridgehead atoms. The van der Waals surface area contributed by atoms with Crippen LogP contribution in [0.5, 0.6) is 0 Å². The highest BCUT2D eigenvalue weighted by Crippen LogP contribution is 2.32. The van der Waals surface area contributed by atoms with Gasteiger partial charge in [-0.15, -0.1) is 11.3 Å². The zero-order valence-electron chi connectivity index (χ0n) is 10.8. The van der Waals surface area contributed by atoms with Gasteiger partial charge < -0.3 is 5.32 Å². The number of rotatable bonds is 3. The first-order valence-electron chi connectivity index (χ1n) is 6.14. The van der Waals surface area contributed by atoms with Gasteiger partial charge in [-0.05, 0) is 31.2 Å². The van der Waals surface area contributed by atoms with Crippen molar-refractivity contribution in [1.82, 2.24) is 9.97 Å². The molecule has 0 spiro atoms. The van der Waals surface area contributed by atoms with Gasteiger partial charge in [0.2, 0.25) is 0 Å². The summed E-state index contributed by atoms with van der Waals surface area (Å²) in [6.07, 6.45) is 1.75. The largest absolute Gasteiger partial charge is 0.316 e. The van der Waals surface area contributed by atoms with E-state index in [0.29, 0.717) is 5.02 Å². The van der Waals surface area contributed by atoms with E-state index in [1.807, 2.05) is 42.5 Å². The summed E-state index contributed by atoms with van der Waals surface area (Å²) in [7, 11) is 0. The van der Waals surface area contributed by atoms with Crippen molar-refractivity contribution in [3.63, 3.8) is 0 Å². The molecule has 2 aromatic heterocycles. The Balaban J connectivity index is 1.91. The third kappa shape index (κ3) is 2.81. The van der Waals surface area contributed by atoms with Gasteiger partial charge in [-0.3, -0.25) is 0 Å². The molecule has 2 heterocycles. The highest BCUT2D eigenvalue weighted by molar-refractivity contribution is 7.16. The summed E-state index contributed by atoms with van der Waals surface area (Å²) in [6.45, 7) is 2.05. The molecule has 0 fully saturated rings. The fourth-order valence-corrected chi connectivity index (χ4v) is 2.93. The van der Waals surface area contributed by atoms with Gasteiger partial charge in [0.15, 0.2) is 5.13 Å². The van der Waals surface area contributed by atoms with E-state index in [0.717, 1.165) is 27.1 Å². The van der Waals surface area contributed by atoms with Crippen LogP contribution in [-0.4, -0.2) is 9.97 Å². The standard InChI is InChI=1S/C15H12ClN3S/c1-10-14(11-5-4-6-12(16)9-11)19-15(20-10)18-13-7-2-3-8-17-13/h2-9H,1H3,(H,17,18,19). The average molecular weight is 302 g/mol. The second kappa shape index (κ2) is 5.61. The van der Waals surface area contributed by atoms with E-state index in [4.69, 9.17) is 11.6 Å². The summed E-state index contributed by atoms with van der Waals surface area (Å²) in [5, 5.41) is 4.76. The number of nitrogens with one attached hydrogen (secondary N) is 1. The molecule has 0 unspecified atom stereocenters. The van der Waals surface area contributed by atoms with E-state index in [2.05, 4.69) is 22.2 Å². The number of hydrogen-bond acceptors (Lipinski definition) is 4. The zero-order valence-corrected chi connectivity index (χ0v) is 12.4. The Bertz CT molecular complexity index is 725. The normalized spacial score (nSPS) is 10.5. The molecule has 1 N–H and O–H groups in total. The van der Waals surface area contributed by atoms with Crippen LogP contribution in [0, 0.1) is 6.92 Å². The number of benzene rings is 1. The summed E-state index contributed by atoms with van der Waals surface area (Å²) in [5.74, 6) is 0.791. The molecule has 0 amide bonds. The predicted octanol–water partition coefficient (Wildman–Crippen LogP) is 4.91. The van der Waals surface area contributed by atoms with Crippen molar-refractivity contribution in [3.05, 3.63) is 58.6 Å². The minimum absolute atomic E-state index is 0.717. The van der Waals surface area contributed by atoms with Gasteiger partial charge in [-0.1, -0.05) is 29.8 Å². The Morgan fingerprint density at radius 1 is 1.15 bits per heavy atom. The summed E-state index contributed by atoms with van der Waals surface area (Å²) >= 11 is 7.64. The van der Waals surface area contributed by atoms with Crippen LogP contribution in [0.2, 0.25) is 5.02 Å². The van der Waals surface area contributed by atoms with Gasteiger partial charge in [0.05, 0.1) is 5.69 Å². The number of hydrogen-bond donors (Lipinski definition) is 1. The van der Waals surface area contributed by atoms with Crippen LogP contribution >= 0.6 is 22.9 Å². The fourth-order valence-electron chi connectivity index (χ4n) is 1.90. The summed E-state index contributed by atoms with van der Waals surface area (Å²) in [4.78, 5) is 10.0. The van der Waals surface area contributed by atoms with Gasteiger partial charge in [0.25, 0.3) is 0 Å². The second-order valence-electron chi connectivity index (χ2n) is 4.27. The van der Waals surface area contributed by atoms with Crippen molar-refractivity contribution >= 4 is 33.9 Å². The van der Waals surface area contributed by atoms with Gasteiger partial charge >= 0.3 is 0 Å². The molecule has 0 saturated heterocycles. The van der Waals surface area contributed by atoms with E-state index in [-0.39, 0.29) is 0 Å². The van der Waals surface area contributed by atoms with Gasteiger partial charge in [0, 0.05) is 21.7 Å². The number of halogens is 1. The predicted molar refractivity (Wildman–Crippen MR) is 84.8 cm³/mol. The number of aryl methyl sites for hydroxylation is 1. The number of nitrogens with zero attached hydrogens (tertiary/aromatic N) is 2. The lowest BCUT2D eigenvalue weighted by Crippen LogP contribution is -1.91. The highest BCUT2D eigenvalue weighted by atomic mass is 35.5. The van der Waals surface area contributed by atoms with Gasteiger partial charge in [0.1, 0.15) is 5.82 Å². The average Bonchev–Trinajstić information content (AvgIpc) is 2.81. The van der Waals surface area contributed by atoms with Crippen LogP contribution in [0.1, 0.15) is 4.88 Å². The third-order valence-electron chi connectivity index (χ3n) is 2.79. The molecule has 3 aromatic rings. The molecule has 0 radical (unpaired) electrons. The van der Waals surface area contributed by atoms with Crippen LogP contribution < -0.4 is 5.32 Å². The first-order chi connectivity index (χ1) is 9.72. The molecular formula is C15H12ClN3S. The lowest BCUT2D eigenvalue weighted by molar-refractivity contribution is 1.28. The smallest absolute Gasteiger partial charge is 0.189 e. The lowest BCUT2D eigenvalue weighted by Gasteiger charge is -2.00. The van der Waals surface area contributed by atoms with E-state index in [9.17, 15) is 0 Å². The third-order valence-corrected chi connectivity index (χ3v) is 3.92.